The van der Waals surface area contributed by atoms with Crippen LogP contribution < -0.4 is 11.2 Å². The molecule has 1 aliphatic heterocycles. The Bertz CT molecular complexity index is 768. The van der Waals surface area contributed by atoms with Crippen LogP contribution in [0.4, 0.5) is 10.1 Å². The Kier molecular flexibility index (Phi) is 3.43. The van der Waals surface area contributed by atoms with Crippen LogP contribution in [0, 0.1) is 5.82 Å². The van der Waals surface area contributed by atoms with Crippen molar-refractivity contribution >= 4 is 29.7 Å². The highest BCUT2D eigenvalue weighted by molar-refractivity contribution is 7.80. The van der Waals surface area contributed by atoms with Crippen molar-refractivity contribution in [2.75, 3.05) is 5.73 Å². The van der Waals surface area contributed by atoms with Gasteiger partial charge in [0.2, 0.25) is 0 Å². The summed E-state index contributed by atoms with van der Waals surface area (Å²) in [6, 6.07) is 10.5. The second-order valence-electron chi connectivity index (χ2n) is 4.88. The Balaban J connectivity index is 1.99. The summed E-state index contributed by atoms with van der Waals surface area (Å²) in [6.07, 6.45) is 0.560. The number of fused-ring (bicyclic) bond motifs is 1. The Morgan fingerprint density at radius 3 is 2.86 bits per heavy atom. The molecule has 0 saturated carbocycles. The fraction of sp³-hybridized carbons (Fsp3) is 0.0625. The van der Waals surface area contributed by atoms with Gasteiger partial charge in [-0.1, -0.05) is 24.8 Å². The van der Waals surface area contributed by atoms with E-state index in [1.165, 1.54) is 6.07 Å². The highest BCUT2D eigenvalue weighted by atomic mass is 32.1. The quantitative estimate of drug-likeness (QED) is 0.589. The van der Waals surface area contributed by atoms with Gasteiger partial charge in [-0.15, -0.1) is 12.6 Å². The predicted octanol–water partition coefficient (Wildman–Crippen LogP) is 3.22. The molecule has 0 fully saturated rings. The number of hydrogen-bond donors (Lipinski definition) is 3. The van der Waals surface area contributed by atoms with Gasteiger partial charge in [-0.2, -0.15) is 5.10 Å². The Labute approximate surface area is 127 Å². The van der Waals surface area contributed by atoms with Gasteiger partial charge in [-0.25, -0.2) is 4.39 Å². The van der Waals surface area contributed by atoms with Crippen LogP contribution in [-0.4, -0.2) is 5.71 Å². The van der Waals surface area contributed by atoms with Crippen LogP contribution in [-0.2, 0) is 6.42 Å². The molecular weight excluding hydrogens is 285 g/mol. The summed E-state index contributed by atoms with van der Waals surface area (Å²) in [4.78, 5) is 0.328. The van der Waals surface area contributed by atoms with Crippen molar-refractivity contribution in [2.24, 2.45) is 5.10 Å². The van der Waals surface area contributed by atoms with Crippen LogP contribution in [0.2, 0.25) is 0 Å². The normalized spacial score (nSPS) is 13.4. The molecule has 0 aliphatic carbocycles. The molecule has 0 bridgehead atoms. The molecule has 0 aromatic heterocycles. The molecule has 5 heteroatoms. The zero-order valence-electron chi connectivity index (χ0n) is 11.2. The van der Waals surface area contributed by atoms with Crippen LogP contribution in [0.5, 0.6) is 0 Å². The number of benzene rings is 2. The lowest BCUT2D eigenvalue weighted by Crippen LogP contribution is -2.21. The lowest BCUT2D eigenvalue weighted by molar-refractivity contribution is 0.602. The molecule has 3 nitrogen and oxygen atoms in total. The molecule has 2 aromatic rings. The first kappa shape index (κ1) is 13.7. The molecule has 0 saturated heterocycles. The molecule has 21 heavy (non-hydrogen) atoms. The van der Waals surface area contributed by atoms with E-state index in [9.17, 15) is 4.39 Å². The topological polar surface area (TPSA) is 50.4 Å². The molecule has 3 N–H and O–H groups in total. The number of nitrogens with one attached hydrogen (secondary N) is 1. The zero-order valence-corrected chi connectivity index (χ0v) is 12.1. The van der Waals surface area contributed by atoms with Gasteiger partial charge in [0, 0.05) is 28.1 Å². The van der Waals surface area contributed by atoms with Crippen LogP contribution in [0.3, 0.4) is 0 Å². The molecule has 0 atom stereocenters. The first-order chi connectivity index (χ1) is 10.1. The summed E-state index contributed by atoms with van der Waals surface area (Å²) in [6.45, 7) is 3.92. The third-order valence-electron chi connectivity index (χ3n) is 3.42. The molecule has 0 amide bonds. The maximum Gasteiger partial charge on any atom is 0.136 e. The van der Waals surface area contributed by atoms with Gasteiger partial charge in [-0.05, 0) is 23.8 Å². The second kappa shape index (κ2) is 5.26. The number of nitrogens with zero attached hydrogens (tertiary/aromatic N) is 1. The first-order valence-corrected chi connectivity index (χ1v) is 6.89. The van der Waals surface area contributed by atoms with E-state index < -0.39 is 0 Å². The molecular formula is C16H14FN3S. The zero-order chi connectivity index (χ0) is 15.0. The minimum atomic E-state index is -0.330. The van der Waals surface area contributed by atoms with Gasteiger partial charge in [0.1, 0.15) is 5.82 Å². The van der Waals surface area contributed by atoms with E-state index >= 15 is 0 Å². The fourth-order valence-corrected chi connectivity index (χ4v) is 2.64. The van der Waals surface area contributed by atoms with Crippen molar-refractivity contribution in [1.82, 2.24) is 5.43 Å². The van der Waals surface area contributed by atoms with Crippen LogP contribution >= 0.6 is 12.6 Å². The van der Waals surface area contributed by atoms with Crippen molar-refractivity contribution in [2.45, 2.75) is 11.3 Å². The van der Waals surface area contributed by atoms with E-state index in [0.29, 0.717) is 22.7 Å². The highest BCUT2D eigenvalue weighted by Crippen LogP contribution is 2.28. The van der Waals surface area contributed by atoms with Crippen LogP contribution in [0.15, 0.2) is 53.0 Å². The summed E-state index contributed by atoms with van der Waals surface area (Å²) in [7, 11) is 0. The molecule has 0 spiro atoms. The molecule has 3 rings (SSSR count). The molecule has 106 valence electrons. The summed E-state index contributed by atoms with van der Waals surface area (Å²) >= 11 is 4.11. The Morgan fingerprint density at radius 1 is 1.29 bits per heavy atom. The van der Waals surface area contributed by atoms with Crippen molar-refractivity contribution < 1.29 is 4.39 Å². The number of hydrazone groups is 1. The van der Waals surface area contributed by atoms with E-state index in [1.54, 1.807) is 12.1 Å². The summed E-state index contributed by atoms with van der Waals surface area (Å²) in [5, 5.41) is 4.33. The minimum absolute atomic E-state index is 0.328. The lowest BCUT2D eigenvalue weighted by atomic mass is 9.94. The third kappa shape index (κ3) is 2.52. The van der Waals surface area contributed by atoms with Crippen LogP contribution in [0.1, 0.15) is 16.7 Å². The smallest absolute Gasteiger partial charge is 0.136 e. The van der Waals surface area contributed by atoms with Gasteiger partial charge in [0.15, 0.2) is 0 Å². The van der Waals surface area contributed by atoms with Gasteiger partial charge in [0.25, 0.3) is 0 Å². The number of nitrogen functional groups attached to an aromatic ring is 1. The number of nitrogens with two attached hydrogens (primary N) is 1. The number of thiol groups is 1. The molecule has 0 unspecified atom stereocenters. The maximum atomic E-state index is 13.3. The first-order valence-electron chi connectivity index (χ1n) is 6.44. The van der Waals surface area contributed by atoms with E-state index in [1.807, 2.05) is 18.2 Å². The monoisotopic (exact) mass is 299 g/mol. The van der Waals surface area contributed by atoms with Crippen LogP contribution in [0.25, 0.3) is 5.70 Å². The minimum Gasteiger partial charge on any atom is -0.398 e. The standard InChI is InChI=1S/C16H14FN3S/c1-9-16-11(3-2-4-13(16)18)14(20-19-9)7-10-5-6-12(17)15(21)8-10/h2-6,8,19,21H,1,7,18H2. The summed E-state index contributed by atoms with van der Waals surface area (Å²) < 4.78 is 13.3. The predicted molar refractivity (Wildman–Crippen MR) is 86.9 cm³/mol. The number of halogens is 1. The molecule has 1 aliphatic rings. The van der Waals surface area contributed by atoms with Gasteiger partial charge >= 0.3 is 0 Å². The van der Waals surface area contributed by atoms with E-state index in [2.05, 4.69) is 29.7 Å². The van der Waals surface area contributed by atoms with E-state index in [-0.39, 0.29) is 5.82 Å². The van der Waals surface area contributed by atoms with Gasteiger partial charge in [0.05, 0.1) is 11.4 Å². The van der Waals surface area contributed by atoms with E-state index in [0.717, 1.165) is 22.4 Å². The van der Waals surface area contributed by atoms with Gasteiger partial charge < -0.3 is 5.73 Å². The average molecular weight is 299 g/mol. The highest BCUT2D eigenvalue weighted by Gasteiger charge is 2.19. The summed E-state index contributed by atoms with van der Waals surface area (Å²) in [5.74, 6) is -0.330. The third-order valence-corrected chi connectivity index (χ3v) is 3.76. The maximum absolute atomic E-state index is 13.3. The number of hydrogen-bond acceptors (Lipinski definition) is 4. The second-order valence-corrected chi connectivity index (χ2v) is 5.36. The van der Waals surface area contributed by atoms with E-state index in [4.69, 9.17) is 5.73 Å². The number of rotatable bonds is 2. The van der Waals surface area contributed by atoms with Crippen molar-refractivity contribution in [1.29, 1.82) is 0 Å². The average Bonchev–Trinajstić information content (AvgIpc) is 2.46. The lowest BCUT2D eigenvalue weighted by Gasteiger charge is -2.21. The van der Waals surface area contributed by atoms with Gasteiger partial charge in [-0.3, -0.25) is 5.43 Å². The van der Waals surface area contributed by atoms with Crippen molar-refractivity contribution in [3.63, 3.8) is 0 Å². The number of anilines is 1. The largest absolute Gasteiger partial charge is 0.398 e. The molecule has 1 heterocycles. The van der Waals surface area contributed by atoms with Crippen molar-refractivity contribution in [3.8, 4) is 0 Å². The molecule has 0 radical (unpaired) electrons. The fourth-order valence-electron chi connectivity index (χ4n) is 2.39. The Morgan fingerprint density at radius 2 is 2.10 bits per heavy atom. The summed E-state index contributed by atoms with van der Waals surface area (Å²) in [5.41, 5.74) is 13.8. The molecule has 2 aromatic carbocycles. The Hall–Kier alpha value is -2.27. The SMILES string of the molecule is C=C1NN=C(Cc2ccc(F)c(S)c2)c2cccc(N)c21. The van der Waals surface area contributed by atoms with Crippen molar-refractivity contribution in [3.05, 3.63) is 65.5 Å².